The van der Waals surface area contributed by atoms with Gasteiger partial charge in [-0.3, -0.25) is 0 Å². The van der Waals surface area contributed by atoms with Gasteiger partial charge in [-0.2, -0.15) is 0 Å². The number of rotatable bonds is 5. The summed E-state index contributed by atoms with van der Waals surface area (Å²) < 4.78 is 5.67. The molecule has 2 nitrogen and oxygen atoms in total. The van der Waals surface area contributed by atoms with E-state index >= 15 is 0 Å². The van der Waals surface area contributed by atoms with Gasteiger partial charge in [-0.1, -0.05) is 26.0 Å². The Morgan fingerprint density at radius 2 is 1.80 bits per heavy atom. The van der Waals surface area contributed by atoms with Crippen molar-refractivity contribution in [2.24, 2.45) is 11.8 Å². The molecule has 1 N–H and O–H groups in total. The number of nitrogens with one attached hydrogen (secondary N) is 1. The summed E-state index contributed by atoms with van der Waals surface area (Å²) >= 11 is 0. The van der Waals surface area contributed by atoms with Crippen molar-refractivity contribution in [2.45, 2.75) is 65.6 Å². The molecule has 3 unspecified atom stereocenters. The van der Waals surface area contributed by atoms with Crippen LogP contribution in [0.5, 0.6) is 5.75 Å². The van der Waals surface area contributed by atoms with Gasteiger partial charge >= 0.3 is 0 Å². The summed E-state index contributed by atoms with van der Waals surface area (Å²) in [6.07, 6.45) is 4.24. The molecule has 112 valence electrons. The molecule has 1 saturated carbocycles. The lowest BCUT2D eigenvalue weighted by atomic mass is 9.79. The zero-order valence-corrected chi connectivity index (χ0v) is 13.4. The molecule has 0 heterocycles. The van der Waals surface area contributed by atoms with Gasteiger partial charge in [-0.15, -0.1) is 0 Å². The van der Waals surface area contributed by atoms with Gasteiger partial charge in [0.25, 0.3) is 0 Å². The largest absolute Gasteiger partial charge is 0.491 e. The molecule has 1 aromatic rings. The van der Waals surface area contributed by atoms with Gasteiger partial charge in [-0.05, 0) is 62.6 Å². The van der Waals surface area contributed by atoms with Crippen molar-refractivity contribution in [1.29, 1.82) is 0 Å². The molecule has 0 radical (unpaired) electrons. The third-order valence-corrected chi connectivity index (χ3v) is 4.49. The average molecular weight is 275 g/mol. The van der Waals surface area contributed by atoms with Gasteiger partial charge in [-0.25, -0.2) is 0 Å². The highest BCUT2D eigenvalue weighted by molar-refractivity contribution is 5.27. The van der Waals surface area contributed by atoms with Crippen molar-refractivity contribution in [3.8, 4) is 5.75 Å². The van der Waals surface area contributed by atoms with E-state index in [9.17, 15) is 0 Å². The van der Waals surface area contributed by atoms with Gasteiger partial charge in [0.05, 0.1) is 6.10 Å². The standard InChI is InChI=1S/C18H29NO/c1-13(2)20-18-9-6-16(7-10-18)12-19-17-8-5-14(3)15(4)11-17/h6-7,9-10,13-15,17,19H,5,8,11-12H2,1-4H3. The molecule has 1 aromatic carbocycles. The van der Waals surface area contributed by atoms with Crippen molar-refractivity contribution in [3.63, 3.8) is 0 Å². The topological polar surface area (TPSA) is 21.3 Å². The minimum atomic E-state index is 0.240. The summed E-state index contributed by atoms with van der Waals surface area (Å²) in [5.74, 6) is 2.70. The second-order valence-corrected chi connectivity index (χ2v) is 6.66. The lowest BCUT2D eigenvalue weighted by Gasteiger charge is -2.32. The third-order valence-electron chi connectivity index (χ3n) is 4.49. The molecule has 0 bridgehead atoms. The van der Waals surface area contributed by atoms with E-state index < -0.39 is 0 Å². The van der Waals surface area contributed by atoms with Crippen LogP contribution in [0.3, 0.4) is 0 Å². The molecule has 0 aromatic heterocycles. The highest BCUT2D eigenvalue weighted by atomic mass is 16.5. The van der Waals surface area contributed by atoms with Gasteiger partial charge in [0.15, 0.2) is 0 Å². The number of ether oxygens (including phenoxy) is 1. The Morgan fingerprint density at radius 1 is 1.10 bits per heavy atom. The Labute approximate surface area is 123 Å². The summed E-state index contributed by atoms with van der Waals surface area (Å²) in [6.45, 7) is 9.85. The van der Waals surface area contributed by atoms with Crippen LogP contribution in [0.1, 0.15) is 52.5 Å². The number of hydrogen-bond donors (Lipinski definition) is 1. The van der Waals surface area contributed by atoms with Gasteiger partial charge in [0.1, 0.15) is 5.75 Å². The lowest BCUT2D eigenvalue weighted by Crippen LogP contribution is -2.35. The van der Waals surface area contributed by atoms with Crippen molar-refractivity contribution in [2.75, 3.05) is 0 Å². The first kappa shape index (κ1) is 15.4. The van der Waals surface area contributed by atoms with E-state index in [-0.39, 0.29) is 6.10 Å². The fourth-order valence-electron chi connectivity index (χ4n) is 2.95. The van der Waals surface area contributed by atoms with Gasteiger partial charge in [0.2, 0.25) is 0 Å². The Morgan fingerprint density at radius 3 is 2.40 bits per heavy atom. The van der Waals surface area contributed by atoms with Gasteiger partial charge < -0.3 is 10.1 Å². The van der Waals surface area contributed by atoms with Crippen molar-refractivity contribution >= 4 is 0 Å². The van der Waals surface area contributed by atoms with Crippen LogP contribution in [-0.4, -0.2) is 12.1 Å². The first-order valence-corrected chi connectivity index (χ1v) is 8.03. The fraction of sp³-hybridized carbons (Fsp3) is 0.667. The summed E-state index contributed by atoms with van der Waals surface area (Å²) in [7, 11) is 0. The van der Waals surface area contributed by atoms with E-state index in [1.54, 1.807) is 0 Å². The highest BCUT2D eigenvalue weighted by Crippen LogP contribution is 2.29. The summed E-state index contributed by atoms with van der Waals surface area (Å²) in [4.78, 5) is 0. The first-order chi connectivity index (χ1) is 9.54. The van der Waals surface area contributed by atoms with Crippen molar-refractivity contribution < 1.29 is 4.74 Å². The van der Waals surface area contributed by atoms with Crippen LogP contribution in [-0.2, 0) is 6.54 Å². The lowest BCUT2D eigenvalue weighted by molar-refractivity contribution is 0.225. The quantitative estimate of drug-likeness (QED) is 0.860. The van der Waals surface area contributed by atoms with Crippen molar-refractivity contribution in [3.05, 3.63) is 29.8 Å². The molecular weight excluding hydrogens is 246 g/mol. The number of benzene rings is 1. The summed E-state index contributed by atoms with van der Waals surface area (Å²) in [5, 5.41) is 3.71. The maximum absolute atomic E-state index is 5.67. The van der Waals surface area contributed by atoms with Gasteiger partial charge in [0, 0.05) is 12.6 Å². The Kier molecular flexibility index (Phi) is 5.47. The number of hydrogen-bond acceptors (Lipinski definition) is 2. The maximum atomic E-state index is 5.67. The minimum Gasteiger partial charge on any atom is -0.491 e. The molecule has 2 heteroatoms. The summed E-state index contributed by atoms with van der Waals surface area (Å²) in [6, 6.07) is 9.16. The van der Waals surface area contributed by atoms with E-state index in [1.165, 1.54) is 24.8 Å². The van der Waals surface area contributed by atoms with Crippen LogP contribution in [0.4, 0.5) is 0 Å². The Bertz CT molecular complexity index is 398. The predicted molar refractivity (Wildman–Crippen MR) is 85.0 cm³/mol. The van der Waals surface area contributed by atoms with E-state index in [0.717, 1.165) is 24.1 Å². The molecular formula is C18H29NO. The monoisotopic (exact) mass is 275 g/mol. The second kappa shape index (κ2) is 7.12. The zero-order chi connectivity index (χ0) is 14.5. The highest BCUT2D eigenvalue weighted by Gasteiger charge is 2.23. The van der Waals surface area contributed by atoms with Crippen LogP contribution < -0.4 is 10.1 Å². The van der Waals surface area contributed by atoms with E-state index in [0.29, 0.717) is 6.04 Å². The Balaban J connectivity index is 1.79. The van der Waals surface area contributed by atoms with Crippen LogP contribution in [0.15, 0.2) is 24.3 Å². The predicted octanol–water partition coefficient (Wildman–Crippen LogP) is 4.39. The molecule has 0 spiro atoms. The molecule has 1 aliphatic rings. The summed E-state index contributed by atoms with van der Waals surface area (Å²) in [5.41, 5.74) is 1.34. The van der Waals surface area contributed by atoms with Crippen molar-refractivity contribution in [1.82, 2.24) is 5.32 Å². The minimum absolute atomic E-state index is 0.240. The van der Waals surface area contributed by atoms with E-state index in [1.807, 2.05) is 0 Å². The van der Waals surface area contributed by atoms with Crippen LogP contribution >= 0.6 is 0 Å². The first-order valence-electron chi connectivity index (χ1n) is 8.03. The molecule has 0 amide bonds. The smallest absolute Gasteiger partial charge is 0.119 e. The van der Waals surface area contributed by atoms with Crippen LogP contribution in [0, 0.1) is 11.8 Å². The molecule has 0 saturated heterocycles. The third kappa shape index (κ3) is 4.52. The SMILES string of the molecule is CC(C)Oc1ccc(CNC2CCC(C)C(C)C2)cc1. The fourth-order valence-corrected chi connectivity index (χ4v) is 2.95. The van der Waals surface area contributed by atoms with Crippen LogP contribution in [0.25, 0.3) is 0 Å². The molecule has 3 atom stereocenters. The normalized spacial score (nSPS) is 26.8. The zero-order valence-electron chi connectivity index (χ0n) is 13.4. The molecule has 1 aliphatic carbocycles. The molecule has 2 rings (SSSR count). The van der Waals surface area contributed by atoms with Crippen LogP contribution in [0.2, 0.25) is 0 Å². The Hall–Kier alpha value is -1.02. The second-order valence-electron chi connectivity index (χ2n) is 6.66. The van der Waals surface area contributed by atoms with E-state index in [2.05, 4.69) is 57.3 Å². The van der Waals surface area contributed by atoms with E-state index in [4.69, 9.17) is 4.74 Å². The molecule has 0 aliphatic heterocycles. The molecule has 1 fully saturated rings. The average Bonchev–Trinajstić information content (AvgIpc) is 2.41. The molecule has 20 heavy (non-hydrogen) atoms. The maximum Gasteiger partial charge on any atom is 0.119 e.